The second kappa shape index (κ2) is 10.5. The van der Waals surface area contributed by atoms with E-state index in [1.807, 2.05) is 30.3 Å². The lowest BCUT2D eigenvalue weighted by Crippen LogP contribution is -2.60. The fourth-order valence-corrected chi connectivity index (χ4v) is 5.16. The van der Waals surface area contributed by atoms with Gasteiger partial charge in [0.25, 0.3) is 11.8 Å². The molecule has 7 nitrogen and oxygen atoms in total. The van der Waals surface area contributed by atoms with Crippen LogP contribution in [0.2, 0.25) is 5.02 Å². The molecule has 5 rings (SSSR count). The van der Waals surface area contributed by atoms with Crippen molar-refractivity contribution in [3.63, 3.8) is 0 Å². The largest absolute Gasteiger partial charge is 0.445 e. The number of nitrogens with one attached hydrogen (secondary N) is 1. The van der Waals surface area contributed by atoms with Gasteiger partial charge in [-0.1, -0.05) is 41.9 Å². The van der Waals surface area contributed by atoms with Crippen molar-refractivity contribution in [2.45, 2.75) is 25.0 Å². The Labute approximate surface area is 220 Å². The van der Waals surface area contributed by atoms with E-state index >= 15 is 4.39 Å². The molecule has 2 amide bonds. The molecule has 2 fully saturated rings. The molecule has 3 aromatic rings. The van der Waals surface area contributed by atoms with E-state index in [9.17, 15) is 22.8 Å². The number of likely N-dealkylation sites (tertiary alicyclic amines) is 1. The number of hydrogen-bond acceptors (Lipinski definition) is 4. The molecular weight excluding hydrogens is 528 g/mol. The van der Waals surface area contributed by atoms with Crippen LogP contribution in [0.4, 0.5) is 22.4 Å². The van der Waals surface area contributed by atoms with Crippen molar-refractivity contribution in [3.05, 3.63) is 70.4 Å². The number of piperazine rings is 1. The molecule has 0 saturated carbocycles. The molecule has 0 bridgehead atoms. The molecule has 1 atom stereocenters. The molecule has 1 unspecified atom stereocenters. The summed E-state index contributed by atoms with van der Waals surface area (Å²) in [5.41, 5.74) is 0.614. The van der Waals surface area contributed by atoms with Crippen molar-refractivity contribution < 1.29 is 31.9 Å². The summed E-state index contributed by atoms with van der Waals surface area (Å²) in [4.78, 5) is 33.4. The van der Waals surface area contributed by atoms with Gasteiger partial charge in [0.2, 0.25) is 0 Å². The van der Waals surface area contributed by atoms with E-state index in [-0.39, 0.29) is 55.9 Å². The highest BCUT2D eigenvalue weighted by atomic mass is 35.5. The number of amides is 2. The van der Waals surface area contributed by atoms with Crippen LogP contribution in [0.15, 0.2) is 42.5 Å². The molecule has 2 aromatic carbocycles. The fourth-order valence-electron chi connectivity index (χ4n) is 4.92. The number of alkyl halides is 2. The van der Waals surface area contributed by atoms with Crippen molar-refractivity contribution in [2.75, 3.05) is 39.3 Å². The van der Waals surface area contributed by atoms with Gasteiger partial charge in [0.1, 0.15) is 18.1 Å². The first-order valence-corrected chi connectivity index (χ1v) is 12.5. The smallest absolute Gasteiger partial charge is 0.410 e. The minimum atomic E-state index is -2.73. The quantitative estimate of drug-likeness (QED) is 0.442. The predicted molar refractivity (Wildman–Crippen MR) is 132 cm³/mol. The first kappa shape index (κ1) is 26.3. The highest BCUT2D eigenvalue weighted by molar-refractivity contribution is 6.35. The van der Waals surface area contributed by atoms with Gasteiger partial charge in [-0.2, -0.15) is 0 Å². The number of aromatic nitrogens is 1. The Morgan fingerprint density at radius 1 is 1.08 bits per heavy atom. The van der Waals surface area contributed by atoms with E-state index in [2.05, 4.69) is 4.98 Å². The minimum absolute atomic E-state index is 0.0421. The van der Waals surface area contributed by atoms with Crippen LogP contribution in [0.25, 0.3) is 10.9 Å². The molecule has 202 valence electrons. The first-order valence-electron chi connectivity index (χ1n) is 12.1. The first-order chi connectivity index (χ1) is 18.1. The molecule has 12 heteroatoms. The van der Waals surface area contributed by atoms with Crippen LogP contribution in [-0.2, 0) is 11.3 Å². The van der Waals surface area contributed by atoms with Crippen LogP contribution >= 0.6 is 11.6 Å². The van der Waals surface area contributed by atoms with Crippen molar-refractivity contribution >= 4 is 34.5 Å². The van der Waals surface area contributed by atoms with E-state index in [0.29, 0.717) is 13.0 Å². The molecule has 1 aromatic heterocycles. The average Bonchev–Trinajstić information content (AvgIpc) is 3.23. The zero-order chi connectivity index (χ0) is 27.0. The van der Waals surface area contributed by atoms with Gasteiger partial charge < -0.3 is 19.5 Å². The normalized spacial score (nSPS) is 19.4. The number of aromatic amines is 1. The topological polar surface area (TPSA) is 68.9 Å². The lowest BCUT2D eigenvalue weighted by Gasteiger charge is -2.43. The average molecular weight is 553 g/mol. The van der Waals surface area contributed by atoms with Crippen LogP contribution in [0.1, 0.15) is 22.5 Å². The summed E-state index contributed by atoms with van der Waals surface area (Å²) < 4.78 is 61.1. The van der Waals surface area contributed by atoms with E-state index < -0.39 is 40.6 Å². The lowest BCUT2D eigenvalue weighted by atomic mass is 10.1. The molecule has 3 heterocycles. The predicted octanol–water partition coefficient (Wildman–Crippen LogP) is 4.90. The van der Waals surface area contributed by atoms with Crippen LogP contribution in [0, 0.1) is 11.6 Å². The summed E-state index contributed by atoms with van der Waals surface area (Å²) in [5, 5.41) is -0.640. The molecule has 0 aliphatic carbocycles. The van der Waals surface area contributed by atoms with E-state index in [1.165, 1.54) is 15.9 Å². The summed E-state index contributed by atoms with van der Waals surface area (Å²) >= 11 is 5.92. The van der Waals surface area contributed by atoms with Gasteiger partial charge in [-0.3, -0.25) is 9.69 Å². The number of halogens is 5. The number of rotatable bonds is 6. The maximum atomic E-state index is 15.1. The Morgan fingerprint density at radius 2 is 1.82 bits per heavy atom. The molecule has 0 radical (unpaired) electrons. The molecule has 2 aliphatic heterocycles. The number of nitrogens with zero attached hydrogens (tertiary/aromatic N) is 3. The number of H-pyrrole nitrogens is 1. The molecule has 38 heavy (non-hydrogen) atoms. The number of carbonyl (C=O) groups is 2. The van der Waals surface area contributed by atoms with Gasteiger partial charge in [-0.15, -0.1) is 0 Å². The fraction of sp³-hybridized carbons (Fsp3) is 0.385. The number of carbonyl (C=O) groups excluding carboxylic acids is 2. The van der Waals surface area contributed by atoms with Crippen LogP contribution < -0.4 is 0 Å². The number of fused-ring (bicyclic) bond motifs is 1. The van der Waals surface area contributed by atoms with Crippen LogP contribution in [-0.4, -0.2) is 82.9 Å². The summed E-state index contributed by atoms with van der Waals surface area (Å²) in [6, 6.07) is 11.0. The van der Waals surface area contributed by atoms with Gasteiger partial charge in [0.05, 0.1) is 35.1 Å². The zero-order valence-corrected chi connectivity index (χ0v) is 21.0. The van der Waals surface area contributed by atoms with E-state index in [1.54, 1.807) is 4.90 Å². The number of ether oxygens (including phenoxy) is 1. The Morgan fingerprint density at radius 3 is 2.53 bits per heavy atom. The molecule has 2 aliphatic rings. The Kier molecular flexibility index (Phi) is 7.23. The summed E-state index contributed by atoms with van der Waals surface area (Å²) in [7, 11) is 0. The SMILES string of the molecule is O=C(c1[nH]c2ccc(F)c(Cl)c2c1F)N1CCN(C(=O)OCc2ccccc2)C(CCN2CC(F)(F)C2)C1. The minimum Gasteiger partial charge on any atom is -0.445 e. The number of benzene rings is 2. The van der Waals surface area contributed by atoms with Crippen molar-refractivity contribution in [1.82, 2.24) is 19.7 Å². The molecule has 0 spiro atoms. The molecule has 1 N–H and O–H groups in total. The van der Waals surface area contributed by atoms with Gasteiger partial charge in [0, 0.05) is 26.2 Å². The highest BCUT2D eigenvalue weighted by Crippen LogP contribution is 2.32. The van der Waals surface area contributed by atoms with E-state index in [0.717, 1.165) is 11.6 Å². The van der Waals surface area contributed by atoms with Gasteiger partial charge in [0.15, 0.2) is 5.82 Å². The summed E-state index contributed by atoms with van der Waals surface area (Å²) in [5.74, 6) is -5.17. The second-order valence-corrected chi connectivity index (χ2v) is 9.97. The summed E-state index contributed by atoms with van der Waals surface area (Å²) in [6.45, 7) is -0.134. The zero-order valence-electron chi connectivity index (χ0n) is 20.2. The Bertz CT molecular complexity index is 1350. The maximum Gasteiger partial charge on any atom is 0.410 e. The highest BCUT2D eigenvalue weighted by Gasteiger charge is 2.44. The van der Waals surface area contributed by atoms with Gasteiger partial charge >= 0.3 is 6.09 Å². The third-order valence-corrected chi connectivity index (χ3v) is 7.27. The Hall–Kier alpha value is -3.31. The number of hydrogen-bond donors (Lipinski definition) is 1. The summed E-state index contributed by atoms with van der Waals surface area (Å²) in [6.07, 6.45) is -0.272. The van der Waals surface area contributed by atoms with Crippen molar-refractivity contribution in [3.8, 4) is 0 Å². The van der Waals surface area contributed by atoms with Gasteiger partial charge in [-0.05, 0) is 24.1 Å². The maximum absolute atomic E-state index is 15.1. The third-order valence-electron chi connectivity index (χ3n) is 6.91. The molecule has 2 saturated heterocycles. The third kappa shape index (κ3) is 5.30. The van der Waals surface area contributed by atoms with Gasteiger partial charge in [-0.25, -0.2) is 22.4 Å². The molecular formula is C26H25ClF4N4O3. The van der Waals surface area contributed by atoms with Crippen LogP contribution in [0.3, 0.4) is 0 Å². The lowest BCUT2D eigenvalue weighted by molar-refractivity contribution is -0.132. The van der Waals surface area contributed by atoms with Crippen LogP contribution in [0.5, 0.6) is 0 Å². The van der Waals surface area contributed by atoms with Crippen molar-refractivity contribution in [2.24, 2.45) is 0 Å². The Balaban J connectivity index is 1.31. The standard InChI is InChI=1S/C26H25ClF4N4O3/c27-21-18(28)6-7-19-20(21)22(29)23(32-19)24(36)34-10-11-35(25(37)38-13-16-4-2-1-3-5-16)17(12-34)8-9-33-14-26(30,31)15-33/h1-7,17,32H,8-15H2. The monoisotopic (exact) mass is 552 g/mol. The second-order valence-electron chi connectivity index (χ2n) is 9.59. The van der Waals surface area contributed by atoms with E-state index in [4.69, 9.17) is 16.3 Å². The van der Waals surface area contributed by atoms with Crippen molar-refractivity contribution in [1.29, 1.82) is 0 Å².